The van der Waals surface area contributed by atoms with Gasteiger partial charge in [-0.05, 0) is 12.8 Å². The lowest BCUT2D eigenvalue weighted by Crippen LogP contribution is -2.37. The fourth-order valence-corrected chi connectivity index (χ4v) is 1.56. The average Bonchev–Trinajstić information content (AvgIpc) is 2.39. The number of nitrogens with one attached hydrogen (secondary N) is 2. The maximum Gasteiger partial charge on any atom is 0.320 e. The topological polar surface area (TPSA) is 76.1 Å². The zero-order chi connectivity index (χ0) is 14.1. The zero-order valence-corrected chi connectivity index (χ0v) is 11.3. The smallest absolute Gasteiger partial charge is 0.320 e. The number of ether oxygens (including phenoxy) is 1. The van der Waals surface area contributed by atoms with Crippen LogP contribution in [0.5, 0.6) is 0 Å². The van der Waals surface area contributed by atoms with E-state index < -0.39 is 0 Å². The van der Waals surface area contributed by atoms with Crippen molar-refractivity contribution in [3.05, 3.63) is 30.7 Å². The maximum absolute atomic E-state index is 11.8. The molecule has 0 radical (unpaired) electrons. The third kappa shape index (κ3) is 5.48. The molecule has 0 fully saturated rings. The first-order valence-corrected chi connectivity index (χ1v) is 6.17. The van der Waals surface area contributed by atoms with E-state index in [1.165, 1.54) is 6.33 Å². The van der Waals surface area contributed by atoms with Gasteiger partial charge in [-0.1, -0.05) is 13.0 Å². The van der Waals surface area contributed by atoms with Crippen molar-refractivity contribution in [2.45, 2.75) is 32.4 Å². The summed E-state index contributed by atoms with van der Waals surface area (Å²) in [7, 11) is 1.59. The Balaban J connectivity index is 2.55. The van der Waals surface area contributed by atoms with E-state index in [-0.39, 0.29) is 12.1 Å². The van der Waals surface area contributed by atoms with Crippen molar-refractivity contribution >= 4 is 11.8 Å². The molecule has 1 aromatic rings. The molecule has 2 N–H and O–H groups in total. The fourth-order valence-electron chi connectivity index (χ4n) is 1.56. The molecule has 0 aromatic carbocycles. The molecule has 19 heavy (non-hydrogen) atoms. The molecule has 0 unspecified atom stereocenters. The number of rotatable bonds is 7. The van der Waals surface area contributed by atoms with Crippen LogP contribution in [0.25, 0.3) is 0 Å². The summed E-state index contributed by atoms with van der Waals surface area (Å²) < 4.78 is 4.97. The summed E-state index contributed by atoms with van der Waals surface area (Å²) in [6.45, 7) is 6.06. The van der Waals surface area contributed by atoms with Crippen LogP contribution < -0.4 is 10.6 Å². The molecule has 0 saturated carbocycles. The summed E-state index contributed by atoms with van der Waals surface area (Å²) in [5.74, 6) is 0.452. The van der Waals surface area contributed by atoms with Gasteiger partial charge in [-0.15, -0.1) is 6.58 Å². The van der Waals surface area contributed by atoms with Crippen LogP contribution in [0.1, 0.15) is 25.5 Å². The van der Waals surface area contributed by atoms with Crippen molar-refractivity contribution < 1.29 is 9.53 Å². The first-order chi connectivity index (χ1) is 9.19. The standard InChI is InChI=1S/C13H20N4O2/c1-4-6-10(5-2)16-13(18)17-12-7-11(8-19-3)14-9-15-12/h4,7,9-10H,1,5-6,8H2,2-3H3,(H2,14,15,16,17,18)/t10-/m0/s1. The number of methoxy groups -OCH3 is 1. The predicted molar refractivity (Wildman–Crippen MR) is 73.8 cm³/mol. The molecule has 6 heteroatoms. The molecule has 1 rings (SSSR count). The van der Waals surface area contributed by atoms with E-state index in [2.05, 4.69) is 27.2 Å². The molecule has 6 nitrogen and oxygen atoms in total. The van der Waals surface area contributed by atoms with Crippen molar-refractivity contribution in [2.24, 2.45) is 0 Å². The molecule has 1 aromatic heterocycles. The zero-order valence-electron chi connectivity index (χ0n) is 11.3. The molecule has 2 amide bonds. The number of hydrogen-bond acceptors (Lipinski definition) is 4. The Morgan fingerprint density at radius 2 is 2.37 bits per heavy atom. The Bertz CT molecular complexity index is 423. The molecule has 0 aliphatic carbocycles. The third-order valence-electron chi connectivity index (χ3n) is 2.54. The van der Waals surface area contributed by atoms with Crippen molar-refractivity contribution in [3.8, 4) is 0 Å². The highest BCUT2D eigenvalue weighted by Crippen LogP contribution is 2.05. The first-order valence-electron chi connectivity index (χ1n) is 6.17. The lowest BCUT2D eigenvalue weighted by atomic mass is 10.1. The molecule has 0 bridgehead atoms. The second kappa shape index (κ2) is 8.20. The van der Waals surface area contributed by atoms with E-state index in [1.807, 2.05) is 6.92 Å². The lowest BCUT2D eigenvalue weighted by Gasteiger charge is -2.15. The van der Waals surface area contributed by atoms with E-state index in [1.54, 1.807) is 19.3 Å². The lowest BCUT2D eigenvalue weighted by molar-refractivity contribution is 0.181. The number of urea groups is 1. The summed E-state index contributed by atoms with van der Waals surface area (Å²) in [5.41, 5.74) is 0.714. The predicted octanol–water partition coefficient (Wildman–Crippen LogP) is 2.10. The van der Waals surface area contributed by atoms with E-state index in [0.29, 0.717) is 18.1 Å². The Hall–Kier alpha value is -1.95. The number of aromatic nitrogens is 2. The molecule has 1 heterocycles. The molecule has 0 spiro atoms. The van der Waals surface area contributed by atoms with Gasteiger partial charge in [-0.2, -0.15) is 0 Å². The Labute approximate surface area is 113 Å². The summed E-state index contributed by atoms with van der Waals surface area (Å²) in [5, 5.41) is 5.53. The molecule has 104 valence electrons. The maximum atomic E-state index is 11.8. The van der Waals surface area contributed by atoms with Crippen molar-refractivity contribution in [2.75, 3.05) is 12.4 Å². The van der Waals surface area contributed by atoms with Crippen LogP contribution in [-0.4, -0.2) is 29.2 Å². The van der Waals surface area contributed by atoms with Gasteiger partial charge in [0.2, 0.25) is 0 Å². The number of hydrogen-bond donors (Lipinski definition) is 2. The van der Waals surface area contributed by atoms with Crippen molar-refractivity contribution in [1.82, 2.24) is 15.3 Å². The van der Waals surface area contributed by atoms with Crippen molar-refractivity contribution in [1.29, 1.82) is 0 Å². The average molecular weight is 264 g/mol. The molecular weight excluding hydrogens is 244 g/mol. The normalized spacial score (nSPS) is 11.7. The van der Waals surface area contributed by atoms with Crippen LogP contribution in [0.4, 0.5) is 10.6 Å². The van der Waals surface area contributed by atoms with E-state index in [4.69, 9.17) is 4.74 Å². The van der Waals surface area contributed by atoms with Crippen LogP contribution in [0, 0.1) is 0 Å². The van der Waals surface area contributed by atoms with Gasteiger partial charge in [0.1, 0.15) is 12.1 Å². The minimum atomic E-state index is -0.282. The van der Waals surface area contributed by atoms with E-state index in [0.717, 1.165) is 12.8 Å². The number of carbonyl (C=O) groups excluding carboxylic acids is 1. The van der Waals surface area contributed by atoms with Crippen LogP contribution in [0.15, 0.2) is 25.0 Å². The molecule has 0 aliphatic rings. The first kappa shape index (κ1) is 15.1. The molecule has 0 saturated heterocycles. The summed E-state index contributed by atoms with van der Waals surface area (Å²) in [6, 6.07) is 1.48. The largest absolute Gasteiger partial charge is 0.378 e. The number of nitrogens with zero attached hydrogens (tertiary/aromatic N) is 2. The SMILES string of the molecule is C=CC[C@H](CC)NC(=O)Nc1cc(COC)ncn1. The third-order valence-corrected chi connectivity index (χ3v) is 2.54. The number of amides is 2. The van der Waals surface area contributed by atoms with Crippen molar-refractivity contribution in [3.63, 3.8) is 0 Å². The fraction of sp³-hybridized carbons (Fsp3) is 0.462. The van der Waals surface area contributed by atoms with Crippen LogP contribution >= 0.6 is 0 Å². The van der Waals surface area contributed by atoms with Crippen LogP contribution in [0.3, 0.4) is 0 Å². The highest BCUT2D eigenvalue weighted by atomic mass is 16.5. The second-order valence-electron chi connectivity index (χ2n) is 4.06. The Kier molecular flexibility index (Phi) is 6.52. The van der Waals surface area contributed by atoms with Gasteiger partial charge in [0.25, 0.3) is 0 Å². The quantitative estimate of drug-likeness (QED) is 0.739. The molecular formula is C13H20N4O2. The highest BCUT2D eigenvalue weighted by Gasteiger charge is 2.09. The molecule has 0 aliphatic heterocycles. The summed E-state index contributed by atoms with van der Waals surface area (Å²) in [4.78, 5) is 19.8. The monoisotopic (exact) mass is 264 g/mol. The summed E-state index contributed by atoms with van der Waals surface area (Å²) in [6.07, 6.45) is 4.77. The van der Waals surface area contributed by atoms with Gasteiger partial charge in [0.05, 0.1) is 12.3 Å². The Morgan fingerprint density at radius 1 is 1.58 bits per heavy atom. The van der Waals surface area contributed by atoms with Gasteiger partial charge in [-0.25, -0.2) is 14.8 Å². The molecule has 1 atom stereocenters. The van der Waals surface area contributed by atoms with Gasteiger partial charge in [0, 0.05) is 19.2 Å². The van der Waals surface area contributed by atoms with E-state index >= 15 is 0 Å². The summed E-state index contributed by atoms with van der Waals surface area (Å²) >= 11 is 0. The van der Waals surface area contributed by atoms with Gasteiger partial charge in [0.15, 0.2) is 0 Å². The van der Waals surface area contributed by atoms with Crippen LogP contribution in [0.2, 0.25) is 0 Å². The highest BCUT2D eigenvalue weighted by molar-refractivity contribution is 5.88. The minimum absolute atomic E-state index is 0.0813. The van der Waals surface area contributed by atoms with E-state index in [9.17, 15) is 4.79 Å². The Morgan fingerprint density at radius 3 is 3.00 bits per heavy atom. The van der Waals surface area contributed by atoms with Gasteiger partial charge >= 0.3 is 6.03 Å². The number of carbonyl (C=O) groups is 1. The number of anilines is 1. The minimum Gasteiger partial charge on any atom is -0.378 e. The van der Waals surface area contributed by atoms with Gasteiger partial charge < -0.3 is 10.1 Å². The van der Waals surface area contributed by atoms with Gasteiger partial charge in [-0.3, -0.25) is 5.32 Å². The van der Waals surface area contributed by atoms with Crippen LogP contribution in [-0.2, 0) is 11.3 Å². The second-order valence-corrected chi connectivity index (χ2v) is 4.06.